The molecule has 1 aromatic rings. The Hall–Kier alpha value is -0.980. The van der Waals surface area contributed by atoms with Crippen LogP contribution in [-0.4, -0.2) is 30.8 Å². The summed E-state index contributed by atoms with van der Waals surface area (Å²) < 4.78 is 26.6. The maximum absolute atomic E-state index is 12.5. The van der Waals surface area contributed by atoms with Gasteiger partial charge in [-0.3, -0.25) is 0 Å². The van der Waals surface area contributed by atoms with Crippen LogP contribution < -0.4 is 5.73 Å². The predicted molar refractivity (Wildman–Crippen MR) is 79.5 cm³/mol. The third kappa shape index (κ3) is 3.32. The lowest BCUT2D eigenvalue weighted by molar-refractivity contribution is 0.412. The normalized spacial score (nSPS) is 15.7. The zero-order chi connectivity index (χ0) is 14.0. The van der Waals surface area contributed by atoms with Gasteiger partial charge < -0.3 is 5.73 Å². The van der Waals surface area contributed by atoms with E-state index in [9.17, 15) is 8.42 Å². The zero-order valence-corrected chi connectivity index (χ0v) is 12.5. The monoisotopic (exact) mass is 298 g/mol. The van der Waals surface area contributed by atoms with Crippen LogP contribution in [0.1, 0.15) is 25.3 Å². The third-order valence-electron chi connectivity index (χ3n) is 3.27. The molecule has 0 heterocycles. The molecule has 19 heavy (non-hydrogen) atoms. The van der Waals surface area contributed by atoms with Crippen LogP contribution in [0.4, 0.5) is 0 Å². The van der Waals surface area contributed by atoms with Crippen LogP contribution in [0, 0.1) is 5.92 Å². The first kappa shape index (κ1) is 14.4. The van der Waals surface area contributed by atoms with E-state index in [0.29, 0.717) is 24.6 Å². The fraction of sp³-hybridized carbons (Fsp3) is 0.462. The maximum Gasteiger partial charge on any atom is 0.243 e. The highest BCUT2D eigenvalue weighted by atomic mass is 32.2. The second-order valence-electron chi connectivity index (χ2n) is 4.79. The van der Waals surface area contributed by atoms with E-state index in [4.69, 9.17) is 18.0 Å². The van der Waals surface area contributed by atoms with Crippen LogP contribution in [0.2, 0.25) is 0 Å². The molecule has 104 valence electrons. The van der Waals surface area contributed by atoms with Gasteiger partial charge in [0.2, 0.25) is 10.0 Å². The summed E-state index contributed by atoms with van der Waals surface area (Å²) in [6.07, 6.45) is 2.25. The maximum atomic E-state index is 12.5. The smallest absolute Gasteiger partial charge is 0.243 e. The van der Waals surface area contributed by atoms with Crippen LogP contribution in [0.25, 0.3) is 0 Å². The minimum atomic E-state index is -3.44. The van der Waals surface area contributed by atoms with Crippen molar-refractivity contribution < 1.29 is 8.42 Å². The van der Waals surface area contributed by atoms with Gasteiger partial charge in [0.15, 0.2) is 0 Å². The molecular weight excluding hydrogens is 280 g/mol. The largest absolute Gasteiger partial charge is 0.389 e. The molecule has 1 aliphatic carbocycles. The van der Waals surface area contributed by atoms with Crippen molar-refractivity contribution in [3.8, 4) is 0 Å². The Bertz CT molecular complexity index is 580. The van der Waals surface area contributed by atoms with Crippen molar-refractivity contribution in [3.63, 3.8) is 0 Å². The van der Waals surface area contributed by atoms with E-state index in [2.05, 4.69) is 0 Å². The Morgan fingerprint density at radius 3 is 2.68 bits per heavy atom. The van der Waals surface area contributed by atoms with Gasteiger partial charge >= 0.3 is 0 Å². The van der Waals surface area contributed by atoms with Crippen molar-refractivity contribution in [3.05, 3.63) is 29.8 Å². The van der Waals surface area contributed by atoms with E-state index in [1.807, 2.05) is 6.92 Å². The summed E-state index contributed by atoms with van der Waals surface area (Å²) >= 11 is 4.89. The Morgan fingerprint density at radius 2 is 2.16 bits per heavy atom. The van der Waals surface area contributed by atoms with Gasteiger partial charge in [-0.1, -0.05) is 31.3 Å². The van der Waals surface area contributed by atoms with Crippen LogP contribution in [-0.2, 0) is 10.0 Å². The van der Waals surface area contributed by atoms with Crippen LogP contribution >= 0.6 is 12.2 Å². The zero-order valence-electron chi connectivity index (χ0n) is 10.9. The standard InChI is InChI=1S/C13H18N2O2S2/c1-2-15(9-10-6-7-10)19(16,17)12-5-3-4-11(8-12)13(14)18/h3-5,8,10H,2,6-7,9H2,1H3,(H2,14,18). The molecule has 2 rings (SSSR count). The molecule has 0 radical (unpaired) electrons. The van der Waals surface area contributed by atoms with Crippen molar-refractivity contribution in [1.82, 2.24) is 4.31 Å². The highest BCUT2D eigenvalue weighted by Crippen LogP contribution is 2.31. The van der Waals surface area contributed by atoms with Gasteiger partial charge in [-0.25, -0.2) is 8.42 Å². The van der Waals surface area contributed by atoms with E-state index >= 15 is 0 Å². The summed E-state index contributed by atoms with van der Waals surface area (Å²) in [6.45, 7) is 2.95. The number of nitrogens with two attached hydrogens (primary N) is 1. The Labute approximate surface area is 119 Å². The van der Waals surface area contributed by atoms with Crippen LogP contribution in [0.15, 0.2) is 29.2 Å². The molecule has 1 aromatic carbocycles. The molecule has 0 spiro atoms. The second-order valence-corrected chi connectivity index (χ2v) is 7.17. The summed E-state index contributed by atoms with van der Waals surface area (Å²) in [6, 6.07) is 6.53. The van der Waals surface area contributed by atoms with Gasteiger partial charge in [-0.15, -0.1) is 0 Å². The second kappa shape index (κ2) is 5.56. The van der Waals surface area contributed by atoms with Gasteiger partial charge in [0.05, 0.1) is 4.90 Å². The number of benzene rings is 1. The summed E-state index contributed by atoms with van der Waals surface area (Å²) in [5.41, 5.74) is 6.13. The van der Waals surface area contributed by atoms with E-state index in [1.165, 1.54) is 4.31 Å². The van der Waals surface area contributed by atoms with Gasteiger partial charge in [0.25, 0.3) is 0 Å². The fourth-order valence-corrected chi connectivity index (χ4v) is 3.64. The first-order valence-corrected chi connectivity index (χ1v) is 8.20. The van der Waals surface area contributed by atoms with E-state index in [0.717, 1.165) is 12.8 Å². The molecule has 0 saturated heterocycles. The minimum Gasteiger partial charge on any atom is -0.389 e. The lowest BCUT2D eigenvalue weighted by atomic mass is 10.2. The molecule has 1 fully saturated rings. The fourth-order valence-electron chi connectivity index (χ4n) is 1.94. The highest BCUT2D eigenvalue weighted by molar-refractivity contribution is 7.89. The van der Waals surface area contributed by atoms with Crippen molar-refractivity contribution in [1.29, 1.82) is 0 Å². The van der Waals surface area contributed by atoms with E-state index < -0.39 is 10.0 Å². The van der Waals surface area contributed by atoms with Crippen molar-refractivity contribution in [2.45, 2.75) is 24.7 Å². The lowest BCUT2D eigenvalue weighted by Gasteiger charge is -2.20. The molecule has 2 N–H and O–H groups in total. The van der Waals surface area contributed by atoms with Gasteiger partial charge in [0.1, 0.15) is 4.99 Å². The molecule has 0 aromatic heterocycles. The Balaban J connectivity index is 2.31. The topological polar surface area (TPSA) is 63.4 Å². The number of hydrogen-bond donors (Lipinski definition) is 1. The number of hydrogen-bond acceptors (Lipinski definition) is 3. The molecule has 0 atom stereocenters. The highest BCUT2D eigenvalue weighted by Gasteiger charge is 2.30. The molecule has 0 aliphatic heterocycles. The molecule has 6 heteroatoms. The first-order valence-electron chi connectivity index (χ1n) is 6.35. The molecule has 0 bridgehead atoms. The molecule has 0 unspecified atom stereocenters. The molecule has 4 nitrogen and oxygen atoms in total. The molecule has 0 amide bonds. The summed E-state index contributed by atoms with van der Waals surface area (Å²) in [4.78, 5) is 0.475. The molecule has 1 saturated carbocycles. The summed E-state index contributed by atoms with van der Waals surface area (Å²) in [5, 5.41) is 0. The third-order valence-corrected chi connectivity index (χ3v) is 5.44. The quantitative estimate of drug-likeness (QED) is 0.813. The SMILES string of the molecule is CCN(CC1CC1)S(=O)(=O)c1cccc(C(N)=S)c1. The molecule has 1 aliphatic rings. The van der Waals surface area contributed by atoms with Crippen LogP contribution in [0.3, 0.4) is 0 Å². The van der Waals surface area contributed by atoms with E-state index in [1.54, 1.807) is 24.3 Å². The van der Waals surface area contributed by atoms with Gasteiger partial charge in [0, 0.05) is 18.7 Å². The number of sulfonamides is 1. The average molecular weight is 298 g/mol. The predicted octanol–water partition coefficient (Wildman–Crippen LogP) is 1.74. The van der Waals surface area contributed by atoms with E-state index in [-0.39, 0.29) is 9.88 Å². The van der Waals surface area contributed by atoms with Crippen molar-refractivity contribution in [2.75, 3.05) is 13.1 Å². The first-order chi connectivity index (χ1) is 8.95. The Kier molecular flexibility index (Phi) is 4.23. The number of thiocarbonyl (C=S) groups is 1. The summed E-state index contributed by atoms with van der Waals surface area (Å²) in [5.74, 6) is 0.522. The van der Waals surface area contributed by atoms with Crippen molar-refractivity contribution in [2.24, 2.45) is 11.7 Å². The number of nitrogens with zero attached hydrogens (tertiary/aromatic N) is 1. The average Bonchev–Trinajstić information content (AvgIpc) is 3.19. The van der Waals surface area contributed by atoms with Gasteiger partial charge in [-0.2, -0.15) is 4.31 Å². The molecular formula is C13H18N2O2S2. The Morgan fingerprint density at radius 1 is 1.47 bits per heavy atom. The van der Waals surface area contributed by atoms with Crippen molar-refractivity contribution >= 4 is 27.2 Å². The summed E-state index contributed by atoms with van der Waals surface area (Å²) in [7, 11) is -3.44. The van der Waals surface area contributed by atoms with Crippen LogP contribution in [0.5, 0.6) is 0 Å². The number of rotatable bonds is 6. The lowest BCUT2D eigenvalue weighted by Crippen LogP contribution is -2.32. The minimum absolute atomic E-state index is 0.210. The van der Waals surface area contributed by atoms with Gasteiger partial charge in [-0.05, 0) is 30.9 Å².